The molecule has 6 rings (SSSR count). The van der Waals surface area contributed by atoms with Gasteiger partial charge >= 0.3 is 5.97 Å². The molecule has 0 N–H and O–H groups in total. The number of hydrogen-bond acceptors (Lipinski definition) is 7. The molecule has 1 aliphatic rings. The number of ether oxygens (including phenoxy) is 1. The highest BCUT2D eigenvalue weighted by Crippen LogP contribution is 2.31. The first-order chi connectivity index (χ1) is 20.1. The maximum absolute atomic E-state index is 12.9. The third kappa shape index (κ3) is 5.56. The van der Waals surface area contributed by atoms with Gasteiger partial charge in [0.15, 0.2) is 12.4 Å². The van der Waals surface area contributed by atoms with Crippen molar-refractivity contribution in [1.29, 1.82) is 0 Å². The second-order valence-corrected chi connectivity index (χ2v) is 9.58. The van der Waals surface area contributed by atoms with E-state index in [2.05, 4.69) is 0 Å². The summed E-state index contributed by atoms with van der Waals surface area (Å²) in [7, 11) is 0. The molecular weight excluding hydrogens is 520 g/mol. The van der Waals surface area contributed by atoms with E-state index in [4.69, 9.17) is 19.1 Å². The van der Waals surface area contributed by atoms with Gasteiger partial charge in [-0.2, -0.15) is 0 Å². The smallest absolute Gasteiger partial charge is 0.338 e. The van der Waals surface area contributed by atoms with Gasteiger partial charge in [-0.25, -0.2) is 14.8 Å². The lowest BCUT2D eigenvalue weighted by Crippen LogP contribution is -2.51. The summed E-state index contributed by atoms with van der Waals surface area (Å²) >= 11 is 0. The van der Waals surface area contributed by atoms with Crippen molar-refractivity contribution in [2.24, 2.45) is 0 Å². The number of amides is 2. The molecule has 1 saturated heterocycles. The van der Waals surface area contributed by atoms with Gasteiger partial charge in [0.1, 0.15) is 0 Å². The van der Waals surface area contributed by atoms with Crippen molar-refractivity contribution >= 4 is 28.8 Å². The number of nitrogens with zero attached hydrogens (tertiary/aromatic N) is 4. The Balaban J connectivity index is 1.15. The normalized spacial score (nSPS) is 13.3. The van der Waals surface area contributed by atoms with E-state index in [9.17, 15) is 14.4 Å². The molecule has 0 unspecified atom stereocenters. The SMILES string of the molecule is O=C(OCC(=O)N1CCN(C(=O)c2ccco2)CC1)c1ccc2nc(-c3ccccc3)c(-c3ccccc3)nc2c1. The number of rotatable bonds is 6. The Kier molecular flexibility index (Phi) is 7.23. The van der Waals surface area contributed by atoms with Crippen LogP contribution in [0.3, 0.4) is 0 Å². The molecule has 5 aromatic rings. The summed E-state index contributed by atoms with van der Waals surface area (Å²) < 4.78 is 10.5. The van der Waals surface area contributed by atoms with Crippen molar-refractivity contribution in [3.63, 3.8) is 0 Å². The molecule has 0 spiro atoms. The summed E-state index contributed by atoms with van der Waals surface area (Å²) in [5.41, 5.74) is 4.75. The number of benzene rings is 3. The van der Waals surface area contributed by atoms with Crippen LogP contribution in [-0.4, -0.2) is 70.3 Å². The van der Waals surface area contributed by atoms with E-state index in [1.54, 1.807) is 40.1 Å². The molecule has 0 bridgehead atoms. The number of piperazine rings is 1. The fourth-order valence-corrected chi connectivity index (χ4v) is 4.79. The number of esters is 1. The van der Waals surface area contributed by atoms with Crippen LogP contribution in [0.4, 0.5) is 0 Å². The van der Waals surface area contributed by atoms with Gasteiger partial charge in [0.25, 0.3) is 11.8 Å². The molecule has 9 heteroatoms. The third-order valence-electron chi connectivity index (χ3n) is 6.97. The Morgan fingerprint density at radius 3 is 1.93 bits per heavy atom. The lowest BCUT2D eigenvalue weighted by molar-refractivity contribution is -0.136. The summed E-state index contributed by atoms with van der Waals surface area (Å²) in [6, 6.07) is 27.9. The summed E-state index contributed by atoms with van der Waals surface area (Å²) in [5.74, 6) is -0.879. The van der Waals surface area contributed by atoms with Crippen LogP contribution in [0.1, 0.15) is 20.9 Å². The Morgan fingerprint density at radius 1 is 0.707 bits per heavy atom. The number of aromatic nitrogens is 2. The van der Waals surface area contributed by atoms with Crippen molar-refractivity contribution in [1.82, 2.24) is 19.8 Å². The van der Waals surface area contributed by atoms with Crippen molar-refractivity contribution in [3.8, 4) is 22.5 Å². The number of carbonyl (C=O) groups excluding carboxylic acids is 3. The minimum atomic E-state index is -0.623. The van der Waals surface area contributed by atoms with Gasteiger partial charge in [0.05, 0.1) is 34.2 Å². The molecule has 0 aliphatic carbocycles. The largest absolute Gasteiger partial charge is 0.459 e. The van der Waals surface area contributed by atoms with Crippen LogP contribution in [-0.2, 0) is 9.53 Å². The summed E-state index contributed by atoms with van der Waals surface area (Å²) in [6.45, 7) is 1.05. The van der Waals surface area contributed by atoms with Crippen molar-refractivity contribution in [2.75, 3.05) is 32.8 Å². The highest BCUT2D eigenvalue weighted by Gasteiger charge is 2.26. The van der Waals surface area contributed by atoms with E-state index < -0.39 is 12.6 Å². The van der Waals surface area contributed by atoms with E-state index in [-0.39, 0.29) is 23.1 Å². The van der Waals surface area contributed by atoms with Gasteiger partial charge in [-0.15, -0.1) is 0 Å². The van der Waals surface area contributed by atoms with E-state index in [0.717, 1.165) is 16.8 Å². The van der Waals surface area contributed by atoms with Crippen LogP contribution in [0.5, 0.6) is 0 Å². The molecule has 0 atom stereocenters. The Hall–Kier alpha value is -5.31. The summed E-state index contributed by atoms with van der Waals surface area (Å²) in [5, 5.41) is 0. The topological polar surface area (TPSA) is 106 Å². The summed E-state index contributed by atoms with van der Waals surface area (Å²) in [6.07, 6.45) is 1.45. The van der Waals surface area contributed by atoms with Gasteiger partial charge in [-0.1, -0.05) is 60.7 Å². The zero-order valence-corrected chi connectivity index (χ0v) is 22.1. The highest BCUT2D eigenvalue weighted by molar-refractivity contribution is 5.96. The Morgan fingerprint density at radius 2 is 1.32 bits per heavy atom. The minimum absolute atomic E-state index is 0.209. The van der Waals surface area contributed by atoms with Crippen molar-refractivity contribution < 1.29 is 23.5 Å². The standard InChI is InChI=1S/C32H26N4O5/c37-28(35-15-17-36(18-16-35)31(38)27-12-7-19-40-27)21-41-32(39)24-13-14-25-26(20-24)34-30(23-10-5-2-6-11-23)29(33-25)22-8-3-1-4-9-22/h1-14,19-20H,15-18,21H2. The molecule has 2 aromatic heterocycles. The predicted octanol–water partition coefficient (Wildman–Crippen LogP) is 4.70. The van der Waals surface area contributed by atoms with Crippen LogP contribution in [0.2, 0.25) is 0 Å². The van der Waals surface area contributed by atoms with E-state index in [1.807, 2.05) is 60.7 Å². The molecule has 41 heavy (non-hydrogen) atoms. The number of furan rings is 1. The van der Waals surface area contributed by atoms with E-state index in [1.165, 1.54) is 6.26 Å². The monoisotopic (exact) mass is 546 g/mol. The predicted molar refractivity (Wildman–Crippen MR) is 152 cm³/mol. The molecule has 1 aliphatic heterocycles. The molecule has 3 heterocycles. The Bertz CT molecular complexity index is 1700. The summed E-state index contributed by atoms with van der Waals surface area (Å²) in [4.78, 5) is 51.1. The average Bonchev–Trinajstić information content (AvgIpc) is 3.58. The first kappa shape index (κ1) is 25.9. The molecule has 1 fully saturated rings. The molecule has 0 radical (unpaired) electrons. The molecule has 9 nitrogen and oxygen atoms in total. The van der Waals surface area contributed by atoms with Crippen LogP contribution in [0.15, 0.2) is 102 Å². The zero-order chi connectivity index (χ0) is 28.2. The molecular formula is C32H26N4O5. The number of hydrogen-bond donors (Lipinski definition) is 0. The van der Waals surface area contributed by atoms with Crippen molar-refractivity contribution in [2.45, 2.75) is 0 Å². The van der Waals surface area contributed by atoms with Gasteiger partial charge in [0, 0.05) is 37.3 Å². The number of fused-ring (bicyclic) bond motifs is 1. The van der Waals surface area contributed by atoms with Gasteiger partial charge < -0.3 is 19.0 Å². The van der Waals surface area contributed by atoms with E-state index in [0.29, 0.717) is 42.9 Å². The van der Waals surface area contributed by atoms with Crippen LogP contribution < -0.4 is 0 Å². The average molecular weight is 547 g/mol. The van der Waals surface area contributed by atoms with Crippen LogP contribution in [0, 0.1) is 0 Å². The lowest BCUT2D eigenvalue weighted by atomic mass is 10.0. The molecule has 0 saturated carbocycles. The molecule has 3 aromatic carbocycles. The second-order valence-electron chi connectivity index (χ2n) is 9.58. The lowest BCUT2D eigenvalue weighted by Gasteiger charge is -2.34. The van der Waals surface area contributed by atoms with Gasteiger partial charge in [0.2, 0.25) is 0 Å². The van der Waals surface area contributed by atoms with Gasteiger partial charge in [-0.05, 0) is 30.3 Å². The highest BCUT2D eigenvalue weighted by atomic mass is 16.5. The van der Waals surface area contributed by atoms with E-state index >= 15 is 0 Å². The van der Waals surface area contributed by atoms with Crippen molar-refractivity contribution in [3.05, 3.63) is 109 Å². The first-order valence-electron chi connectivity index (χ1n) is 13.3. The quantitative estimate of drug-likeness (QED) is 0.284. The van der Waals surface area contributed by atoms with Crippen LogP contribution in [0.25, 0.3) is 33.5 Å². The second kappa shape index (κ2) is 11.4. The fraction of sp³-hybridized carbons (Fsp3) is 0.156. The zero-order valence-electron chi connectivity index (χ0n) is 22.1. The number of carbonyl (C=O) groups is 3. The van der Waals surface area contributed by atoms with Crippen LogP contribution >= 0.6 is 0 Å². The first-order valence-corrected chi connectivity index (χ1v) is 13.3. The maximum Gasteiger partial charge on any atom is 0.338 e. The molecule has 2 amide bonds. The molecule has 204 valence electrons. The Labute approximate surface area is 236 Å². The third-order valence-corrected chi connectivity index (χ3v) is 6.97. The maximum atomic E-state index is 12.9. The fourth-order valence-electron chi connectivity index (χ4n) is 4.79. The van der Waals surface area contributed by atoms with Gasteiger partial charge in [-0.3, -0.25) is 9.59 Å². The minimum Gasteiger partial charge on any atom is -0.459 e.